The van der Waals surface area contributed by atoms with Gasteiger partial charge in [-0.15, -0.1) is 0 Å². The summed E-state index contributed by atoms with van der Waals surface area (Å²) >= 11 is 0. The van der Waals surface area contributed by atoms with Gasteiger partial charge in [0, 0.05) is 6.54 Å². The van der Waals surface area contributed by atoms with E-state index in [0.717, 1.165) is 17.5 Å². The average Bonchev–Trinajstić information content (AvgIpc) is 2.35. The Labute approximate surface area is 106 Å². The van der Waals surface area contributed by atoms with E-state index in [9.17, 15) is 13.2 Å². The molecule has 1 heterocycles. The molecule has 0 fully saturated rings. The van der Waals surface area contributed by atoms with Crippen molar-refractivity contribution in [2.75, 3.05) is 12.9 Å². The molecule has 0 saturated carbocycles. The van der Waals surface area contributed by atoms with Crippen LogP contribution in [0.15, 0.2) is 23.1 Å². The lowest BCUT2D eigenvalue weighted by Gasteiger charge is -2.17. The Morgan fingerprint density at radius 2 is 2.22 bits per heavy atom. The Morgan fingerprint density at radius 3 is 2.94 bits per heavy atom. The smallest absolute Gasteiger partial charge is 0.407 e. The molecule has 0 unspecified atom stereocenters. The van der Waals surface area contributed by atoms with E-state index < -0.39 is 15.9 Å². The Bertz CT molecular complexity index is 565. The molecular weight excluding hydrogens is 254 g/mol. The van der Waals surface area contributed by atoms with E-state index in [1.54, 1.807) is 12.1 Å². The monoisotopic (exact) mass is 269 g/mol. The molecule has 0 bridgehead atoms. The van der Waals surface area contributed by atoms with Crippen molar-refractivity contribution in [1.29, 1.82) is 0 Å². The maximum Gasteiger partial charge on any atom is 0.407 e. The van der Waals surface area contributed by atoms with Crippen molar-refractivity contribution in [3.63, 3.8) is 0 Å². The van der Waals surface area contributed by atoms with Gasteiger partial charge in [0.15, 0.2) is 9.84 Å². The molecule has 1 amide bonds. The Hall–Kier alpha value is -1.56. The highest BCUT2D eigenvalue weighted by Gasteiger charge is 2.23. The van der Waals surface area contributed by atoms with Crippen molar-refractivity contribution < 1.29 is 17.9 Å². The summed E-state index contributed by atoms with van der Waals surface area (Å²) in [5.41, 5.74) is 1.71. The van der Waals surface area contributed by atoms with Gasteiger partial charge < -0.3 is 10.1 Å². The van der Waals surface area contributed by atoms with Gasteiger partial charge in [-0.05, 0) is 30.0 Å². The summed E-state index contributed by atoms with van der Waals surface area (Å²) in [5.74, 6) is 0.222. The highest BCUT2D eigenvalue weighted by atomic mass is 32.2. The van der Waals surface area contributed by atoms with Crippen LogP contribution in [0, 0.1) is 0 Å². The number of amides is 1. The molecule has 18 heavy (non-hydrogen) atoms. The molecule has 2 rings (SSSR count). The first-order chi connectivity index (χ1) is 8.53. The van der Waals surface area contributed by atoms with Gasteiger partial charge in [-0.2, -0.15) is 0 Å². The lowest BCUT2D eigenvalue weighted by atomic mass is 10.1. The molecule has 1 aliphatic heterocycles. The van der Waals surface area contributed by atoms with E-state index in [1.807, 2.05) is 6.07 Å². The molecule has 1 aliphatic rings. The van der Waals surface area contributed by atoms with Crippen LogP contribution in [0.25, 0.3) is 0 Å². The van der Waals surface area contributed by atoms with E-state index in [4.69, 9.17) is 0 Å². The van der Waals surface area contributed by atoms with Gasteiger partial charge in [-0.3, -0.25) is 0 Å². The zero-order valence-electron chi connectivity index (χ0n) is 10.1. The summed E-state index contributed by atoms with van der Waals surface area (Å²) in [7, 11) is -1.81. The molecule has 0 aromatic heterocycles. The fraction of sp³-hybridized carbons (Fsp3) is 0.417. The van der Waals surface area contributed by atoms with Gasteiger partial charge in [0.2, 0.25) is 0 Å². The van der Waals surface area contributed by atoms with E-state index in [1.165, 1.54) is 7.11 Å². The third-order valence-corrected chi connectivity index (χ3v) is 4.84. The van der Waals surface area contributed by atoms with Crippen LogP contribution in [0.3, 0.4) is 0 Å². The Morgan fingerprint density at radius 1 is 1.44 bits per heavy atom. The number of rotatable bonds is 2. The number of ether oxygens (including phenoxy) is 1. The molecule has 0 aliphatic carbocycles. The van der Waals surface area contributed by atoms with Crippen LogP contribution in [0.1, 0.15) is 17.5 Å². The number of hydrogen-bond acceptors (Lipinski definition) is 4. The van der Waals surface area contributed by atoms with Gasteiger partial charge >= 0.3 is 6.09 Å². The van der Waals surface area contributed by atoms with Crippen molar-refractivity contribution in [2.45, 2.75) is 24.3 Å². The quantitative estimate of drug-likeness (QED) is 0.877. The summed E-state index contributed by atoms with van der Waals surface area (Å²) in [6.45, 7) is 0.333. The van der Waals surface area contributed by atoms with Crippen molar-refractivity contribution >= 4 is 15.9 Å². The number of nitrogens with one attached hydrogen (secondary N) is 1. The first kappa shape index (κ1) is 12.9. The van der Waals surface area contributed by atoms with Gasteiger partial charge in [0.25, 0.3) is 0 Å². The minimum atomic E-state index is -3.11. The second kappa shape index (κ2) is 4.97. The molecule has 1 aromatic rings. The minimum Gasteiger partial charge on any atom is -0.453 e. The van der Waals surface area contributed by atoms with Crippen LogP contribution in [0.2, 0.25) is 0 Å². The van der Waals surface area contributed by atoms with E-state index in [0.29, 0.717) is 17.9 Å². The number of hydrogen-bond donors (Lipinski definition) is 1. The topological polar surface area (TPSA) is 72.5 Å². The number of benzene rings is 1. The Kier molecular flexibility index (Phi) is 3.56. The molecular formula is C12H15NO4S. The summed E-state index contributed by atoms with van der Waals surface area (Å²) in [6.07, 6.45) is 0.921. The second-order valence-corrected chi connectivity index (χ2v) is 6.29. The third-order valence-electron chi connectivity index (χ3n) is 2.94. The van der Waals surface area contributed by atoms with Gasteiger partial charge in [-0.25, -0.2) is 13.2 Å². The number of fused-ring (bicyclic) bond motifs is 1. The van der Waals surface area contributed by atoms with Crippen LogP contribution in [0.5, 0.6) is 0 Å². The number of carbonyl (C=O) groups is 1. The SMILES string of the molecule is COC(=O)NCc1ccc2c(c1)CCCS2(=O)=O. The summed E-state index contributed by atoms with van der Waals surface area (Å²) in [4.78, 5) is 11.4. The lowest BCUT2D eigenvalue weighted by molar-refractivity contribution is 0.170. The third kappa shape index (κ3) is 2.64. The van der Waals surface area contributed by atoms with Gasteiger partial charge in [0.05, 0.1) is 17.8 Å². The first-order valence-electron chi connectivity index (χ1n) is 5.69. The average molecular weight is 269 g/mol. The summed E-state index contributed by atoms with van der Waals surface area (Å²) < 4.78 is 28.1. The zero-order valence-corrected chi connectivity index (χ0v) is 10.9. The number of sulfone groups is 1. The van der Waals surface area contributed by atoms with E-state index in [2.05, 4.69) is 10.1 Å². The number of aryl methyl sites for hydroxylation is 1. The zero-order chi connectivity index (χ0) is 13.2. The van der Waals surface area contributed by atoms with Gasteiger partial charge in [-0.1, -0.05) is 12.1 Å². The van der Waals surface area contributed by atoms with E-state index in [-0.39, 0.29) is 5.75 Å². The van der Waals surface area contributed by atoms with Crippen molar-refractivity contribution in [1.82, 2.24) is 5.32 Å². The minimum absolute atomic E-state index is 0.222. The number of alkyl carbamates (subject to hydrolysis) is 1. The van der Waals surface area contributed by atoms with Crippen LogP contribution in [-0.4, -0.2) is 27.4 Å². The van der Waals surface area contributed by atoms with Crippen molar-refractivity contribution in [3.05, 3.63) is 29.3 Å². The molecule has 6 heteroatoms. The molecule has 0 radical (unpaired) electrons. The van der Waals surface area contributed by atoms with E-state index >= 15 is 0 Å². The normalized spacial score (nSPS) is 16.7. The molecule has 1 N–H and O–H groups in total. The summed E-state index contributed by atoms with van der Waals surface area (Å²) in [6, 6.07) is 5.18. The van der Waals surface area contributed by atoms with Crippen LogP contribution in [0.4, 0.5) is 4.79 Å². The molecule has 0 spiro atoms. The molecule has 98 valence electrons. The molecule has 1 aromatic carbocycles. The number of carbonyl (C=O) groups excluding carboxylic acids is 1. The first-order valence-corrected chi connectivity index (χ1v) is 7.34. The maximum absolute atomic E-state index is 11.8. The van der Waals surface area contributed by atoms with Crippen LogP contribution >= 0.6 is 0 Å². The summed E-state index contributed by atoms with van der Waals surface area (Å²) in [5, 5.41) is 2.57. The van der Waals surface area contributed by atoms with Crippen LogP contribution < -0.4 is 5.32 Å². The van der Waals surface area contributed by atoms with Crippen LogP contribution in [-0.2, 0) is 27.5 Å². The molecule has 0 saturated heterocycles. The molecule has 5 nitrogen and oxygen atoms in total. The van der Waals surface area contributed by atoms with Gasteiger partial charge in [0.1, 0.15) is 0 Å². The highest BCUT2D eigenvalue weighted by Crippen LogP contribution is 2.25. The predicted octanol–water partition coefficient (Wildman–Crippen LogP) is 1.26. The maximum atomic E-state index is 11.8. The largest absolute Gasteiger partial charge is 0.453 e. The highest BCUT2D eigenvalue weighted by molar-refractivity contribution is 7.91. The second-order valence-electron chi connectivity index (χ2n) is 4.21. The fourth-order valence-electron chi connectivity index (χ4n) is 2.05. The van der Waals surface area contributed by atoms with Crippen molar-refractivity contribution in [3.8, 4) is 0 Å². The molecule has 0 atom stereocenters. The Balaban J connectivity index is 2.20. The predicted molar refractivity (Wildman–Crippen MR) is 66.1 cm³/mol. The lowest BCUT2D eigenvalue weighted by Crippen LogP contribution is -2.23. The number of methoxy groups -OCH3 is 1. The standard InChI is InChI=1S/C12H15NO4S/c1-17-12(14)13-8-9-4-5-11-10(7-9)3-2-6-18(11,15)16/h4-5,7H,2-3,6,8H2,1H3,(H,13,14). The fourth-order valence-corrected chi connectivity index (χ4v) is 3.63. The van der Waals surface area contributed by atoms with Crippen molar-refractivity contribution in [2.24, 2.45) is 0 Å².